The lowest BCUT2D eigenvalue weighted by molar-refractivity contribution is 0.0376. The molecule has 0 heterocycles. The third-order valence-electron chi connectivity index (χ3n) is 4.51. The molecule has 27 heavy (non-hydrogen) atoms. The summed E-state index contributed by atoms with van der Waals surface area (Å²) in [5, 5.41) is 0. The largest absolute Gasteiger partial charge is 0.436 e. The van der Waals surface area contributed by atoms with Gasteiger partial charge in [-0.1, -0.05) is 48.5 Å². The molecule has 0 saturated heterocycles. The van der Waals surface area contributed by atoms with Crippen molar-refractivity contribution >= 4 is 6.09 Å². The number of nitrogens with two attached hydrogens (primary N) is 1. The summed E-state index contributed by atoms with van der Waals surface area (Å²) in [6, 6.07) is 16.1. The van der Waals surface area contributed by atoms with Gasteiger partial charge >= 0.3 is 6.09 Å². The molecule has 144 valence electrons. The van der Waals surface area contributed by atoms with Crippen LogP contribution in [0.25, 0.3) is 11.1 Å². The average Bonchev–Trinajstić information content (AvgIpc) is 3.01. The number of benzene rings is 2. The Kier molecular flexibility index (Phi) is 6.81. The molecule has 2 aromatic rings. The molecule has 2 N–H and O–H groups in total. The molecule has 0 spiro atoms. The maximum atomic E-state index is 12.5. The van der Waals surface area contributed by atoms with Crippen LogP contribution in [0.3, 0.4) is 0 Å². The lowest BCUT2D eigenvalue weighted by Crippen LogP contribution is -2.32. The fourth-order valence-electron chi connectivity index (χ4n) is 3.13. The van der Waals surface area contributed by atoms with Gasteiger partial charge < -0.3 is 24.8 Å². The third kappa shape index (κ3) is 4.66. The van der Waals surface area contributed by atoms with Gasteiger partial charge in [-0.15, -0.1) is 0 Å². The summed E-state index contributed by atoms with van der Waals surface area (Å²) in [6.45, 7) is 2.89. The van der Waals surface area contributed by atoms with E-state index in [1.807, 2.05) is 36.4 Å². The minimum atomic E-state index is -0.377. The zero-order valence-corrected chi connectivity index (χ0v) is 15.6. The molecule has 1 aliphatic rings. The van der Waals surface area contributed by atoms with Crippen LogP contribution in [0.2, 0.25) is 0 Å². The Morgan fingerprint density at radius 2 is 1.48 bits per heavy atom. The molecule has 1 amide bonds. The molecule has 0 saturated carbocycles. The number of rotatable bonds is 9. The van der Waals surface area contributed by atoms with E-state index in [4.69, 9.17) is 19.9 Å². The van der Waals surface area contributed by atoms with Crippen LogP contribution in [-0.4, -0.2) is 57.6 Å². The second-order valence-electron chi connectivity index (χ2n) is 6.37. The number of hydrogen-bond donors (Lipinski definition) is 1. The van der Waals surface area contributed by atoms with Crippen LogP contribution in [0.5, 0.6) is 0 Å². The van der Waals surface area contributed by atoms with Gasteiger partial charge in [0.05, 0.1) is 26.4 Å². The maximum absolute atomic E-state index is 12.5. The van der Waals surface area contributed by atoms with Gasteiger partial charge in [0.25, 0.3) is 0 Å². The highest BCUT2D eigenvalue weighted by atomic mass is 16.6. The van der Waals surface area contributed by atoms with E-state index in [9.17, 15) is 4.79 Å². The fourth-order valence-corrected chi connectivity index (χ4v) is 3.13. The zero-order valence-electron chi connectivity index (χ0n) is 15.6. The second-order valence-corrected chi connectivity index (χ2v) is 6.37. The van der Waals surface area contributed by atoms with Crippen molar-refractivity contribution in [2.45, 2.75) is 6.10 Å². The molecule has 1 aliphatic carbocycles. The van der Waals surface area contributed by atoms with Crippen molar-refractivity contribution in [3.63, 3.8) is 0 Å². The molecule has 2 aromatic carbocycles. The van der Waals surface area contributed by atoms with Crippen LogP contribution in [-0.2, 0) is 14.2 Å². The maximum Gasteiger partial charge on any atom is 0.410 e. The summed E-state index contributed by atoms with van der Waals surface area (Å²) in [4.78, 5) is 14.1. The fraction of sp³-hybridized carbons (Fsp3) is 0.381. The number of likely N-dealkylation sites (N-methyl/N-ethyl adjacent to an activating group) is 1. The number of ether oxygens (including phenoxy) is 3. The van der Waals surface area contributed by atoms with Crippen LogP contribution in [0.4, 0.5) is 4.79 Å². The molecule has 0 aliphatic heterocycles. The Morgan fingerprint density at radius 3 is 2.07 bits per heavy atom. The first-order chi connectivity index (χ1) is 13.2. The van der Waals surface area contributed by atoms with Gasteiger partial charge in [-0.05, 0) is 11.1 Å². The van der Waals surface area contributed by atoms with Crippen LogP contribution in [0.1, 0.15) is 17.2 Å². The molecule has 0 atom stereocenters. The molecular formula is C21H26N2O4. The second kappa shape index (κ2) is 9.50. The molecule has 6 heteroatoms. The number of carbonyl (C=O) groups is 1. The van der Waals surface area contributed by atoms with E-state index >= 15 is 0 Å². The van der Waals surface area contributed by atoms with Gasteiger partial charge in [0.15, 0.2) is 6.10 Å². The minimum absolute atomic E-state index is 0.366. The van der Waals surface area contributed by atoms with Gasteiger partial charge in [0.1, 0.15) is 0 Å². The number of amides is 1. The highest BCUT2D eigenvalue weighted by Crippen LogP contribution is 2.45. The summed E-state index contributed by atoms with van der Waals surface area (Å²) < 4.78 is 16.5. The Hall–Kier alpha value is -2.41. The molecule has 3 rings (SSSR count). The Labute approximate surface area is 159 Å². The van der Waals surface area contributed by atoms with Crippen LogP contribution in [0, 0.1) is 0 Å². The van der Waals surface area contributed by atoms with Crippen LogP contribution < -0.4 is 5.73 Å². The molecule has 0 bridgehead atoms. The standard InChI is InChI=1S/C21H26N2O4/c1-23(11-13-26-15-14-25-12-10-22)21(24)27-20-18-8-4-2-6-16(18)17-7-3-5-9-19(17)20/h2-9,20H,10-15,22H2,1H3. The molecule has 0 aromatic heterocycles. The number of nitrogens with zero attached hydrogens (tertiary/aromatic N) is 1. The molecule has 0 unspecified atom stereocenters. The smallest absolute Gasteiger partial charge is 0.410 e. The van der Waals surface area contributed by atoms with Crippen molar-refractivity contribution in [2.24, 2.45) is 5.73 Å². The van der Waals surface area contributed by atoms with Crippen molar-refractivity contribution < 1.29 is 19.0 Å². The zero-order chi connectivity index (χ0) is 19.1. The quantitative estimate of drug-likeness (QED) is 0.687. The van der Waals surface area contributed by atoms with Gasteiger partial charge in [-0.2, -0.15) is 0 Å². The van der Waals surface area contributed by atoms with E-state index in [0.717, 1.165) is 22.3 Å². The van der Waals surface area contributed by atoms with Crippen molar-refractivity contribution in [2.75, 3.05) is 46.6 Å². The van der Waals surface area contributed by atoms with Crippen LogP contribution in [0.15, 0.2) is 48.5 Å². The van der Waals surface area contributed by atoms with E-state index in [-0.39, 0.29) is 12.2 Å². The van der Waals surface area contributed by atoms with E-state index in [2.05, 4.69) is 12.1 Å². The van der Waals surface area contributed by atoms with Crippen molar-refractivity contribution in [1.29, 1.82) is 0 Å². The molecule has 0 radical (unpaired) electrons. The first-order valence-electron chi connectivity index (χ1n) is 9.18. The van der Waals surface area contributed by atoms with Gasteiger partial charge in [0.2, 0.25) is 0 Å². The number of carbonyl (C=O) groups excluding carboxylic acids is 1. The summed E-state index contributed by atoms with van der Waals surface area (Å²) in [5.41, 5.74) is 9.63. The normalized spacial score (nSPS) is 12.5. The number of hydrogen-bond acceptors (Lipinski definition) is 5. The Balaban J connectivity index is 1.53. The van der Waals surface area contributed by atoms with Crippen molar-refractivity contribution in [3.05, 3.63) is 59.7 Å². The SMILES string of the molecule is CN(CCOCCOCCN)C(=O)OC1c2ccccc2-c2ccccc21. The lowest BCUT2D eigenvalue weighted by atomic mass is 10.1. The van der Waals surface area contributed by atoms with E-state index < -0.39 is 0 Å². The molecule has 6 nitrogen and oxygen atoms in total. The highest BCUT2D eigenvalue weighted by molar-refractivity contribution is 5.79. The summed E-state index contributed by atoms with van der Waals surface area (Å²) in [6.07, 6.45) is -0.743. The first-order valence-corrected chi connectivity index (χ1v) is 9.18. The predicted molar refractivity (Wildman–Crippen MR) is 104 cm³/mol. The van der Waals surface area contributed by atoms with E-state index in [0.29, 0.717) is 39.5 Å². The lowest BCUT2D eigenvalue weighted by Gasteiger charge is -2.21. The van der Waals surface area contributed by atoms with Crippen LogP contribution >= 0.6 is 0 Å². The Bertz CT molecular complexity index is 720. The monoisotopic (exact) mass is 370 g/mol. The van der Waals surface area contributed by atoms with E-state index in [1.165, 1.54) is 4.90 Å². The topological polar surface area (TPSA) is 74.0 Å². The minimum Gasteiger partial charge on any atom is -0.436 e. The third-order valence-corrected chi connectivity index (χ3v) is 4.51. The number of fused-ring (bicyclic) bond motifs is 3. The average molecular weight is 370 g/mol. The van der Waals surface area contributed by atoms with Crippen molar-refractivity contribution in [1.82, 2.24) is 4.90 Å². The summed E-state index contributed by atoms with van der Waals surface area (Å²) in [5.74, 6) is 0. The first kappa shape index (κ1) is 19.4. The Morgan fingerprint density at radius 1 is 0.926 bits per heavy atom. The summed E-state index contributed by atoms with van der Waals surface area (Å²) >= 11 is 0. The molecular weight excluding hydrogens is 344 g/mol. The van der Waals surface area contributed by atoms with Gasteiger partial charge in [-0.3, -0.25) is 0 Å². The highest BCUT2D eigenvalue weighted by Gasteiger charge is 2.31. The van der Waals surface area contributed by atoms with Crippen molar-refractivity contribution in [3.8, 4) is 11.1 Å². The predicted octanol–water partition coefficient (Wildman–Crippen LogP) is 2.82. The van der Waals surface area contributed by atoms with E-state index in [1.54, 1.807) is 7.05 Å². The van der Waals surface area contributed by atoms with Gasteiger partial charge in [-0.25, -0.2) is 4.79 Å². The molecule has 0 fully saturated rings. The summed E-state index contributed by atoms with van der Waals surface area (Å²) in [7, 11) is 1.71. The van der Waals surface area contributed by atoms with Gasteiger partial charge in [0, 0.05) is 31.3 Å².